The van der Waals surface area contributed by atoms with Crippen LogP contribution in [0.2, 0.25) is 0 Å². The van der Waals surface area contributed by atoms with E-state index >= 15 is 0 Å². The summed E-state index contributed by atoms with van der Waals surface area (Å²) in [5.74, 6) is -6.00. The summed E-state index contributed by atoms with van der Waals surface area (Å²) in [6, 6.07) is 6.22. The molecule has 8 nitrogen and oxygen atoms in total. The second-order valence-corrected chi connectivity index (χ2v) is 15.6. The van der Waals surface area contributed by atoms with Gasteiger partial charge in [-0.2, -0.15) is 0 Å². The predicted octanol–water partition coefficient (Wildman–Crippen LogP) is 6.96. The lowest BCUT2D eigenvalue weighted by Crippen LogP contribution is -2.60. The number of alkyl halides is 2. The molecular weight excluding hydrogens is 770 g/mol. The average Bonchev–Trinajstić information content (AvgIpc) is 3.39. The summed E-state index contributed by atoms with van der Waals surface area (Å²) >= 11 is 21.9. The molecule has 2 aromatic rings. The van der Waals surface area contributed by atoms with Gasteiger partial charge in [0.15, 0.2) is 21.2 Å². The number of ether oxygens (including phenoxy) is 1. The topological polar surface area (TPSA) is 104 Å². The molecule has 0 spiro atoms. The third-order valence-corrected chi connectivity index (χ3v) is 14.1. The van der Waals surface area contributed by atoms with E-state index in [4.69, 9.17) is 27.9 Å². The van der Waals surface area contributed by atoms with Crippen LogP contribution in [-0.4, -0.2) is 56.5 Å². The third-order valence-electron chi connectivity index (χ3n) is 10.6. The van der Waals surface area contributed by atoms with E-state index in [0.717, 1.165) is 49.1 Å². The second-order valence-electron chi connectivity index (χ2n) is 12.7. The van der Waals surface area contributed by atoms with Crippen LogP contribution in [0.4, 0.5) is 10.1 Å². The molecule has 13 heteroatoms. The smallest absolute Gasteiger partial charge is 0.258 e. The number of carbonyl (C=O) groups excluding carboxylic acids is 4. The molecule has 4 fully saturated rings. The summed E-state index contributed by atoms with van der Waals surface area (Å²) in [6.45, 7) is 0. The zero-order valence-electron chi connectivity index (χ0n) is 24.6. The van der Waals surface area contributed by atoms with Gasteiger partial charge < -0.3 is 9.84 Å². The van der Waals surface area contributed by atoms with Gasteiger partial charge in [-0.1, -0.05) is 30.9 Å². The van der Waals surface area contributed by atoms with Crippen LogP contribution < -0.4 is 9.64 Å². The minimum Gasteiger partial charge on any atom is -0.503 e. The fourth-order valence-corrected chi connectivity index (χ4v) is 10.3. The maximum absolute atomic E-state index is 14.6. The van der Waals surface area contributed by atoms with Gasteiger partial charge in [-0.3, -0.25) is 24.1 Å². The van der Waals surface area contributed by atoms with Gasteiger partial charge in [0.25, 0.3) is 11.8 Å². The molecule has 2 aromatic carbocycles. The highest BCUT2D eigenvalue weighted by Gasteiger charge is 2.77. The van der Waals surface area contributed by atoms with Gasteiger partial charge in [0.2, 0.25) is 11.8 Å². The minimum atomic E-state index is -2.12. The Morgan fingerprint density at radius 2 is 1.63 bits per heavy atom. The van der Waals surface area contributed by atoms with E-state index in [9.17, 15) is 28.7 Å². The highest BCUT2D eigenvalue weighted by Crippen LogP contribution is 2.67. The number of phenolic OH excluding ortho intramolecular Hbond substituents is 1. The number of carbonyl (C=O) groups is 4. The summed E-state index contributed by atoms with van der Waals surface area (Å²) in [7, 11) is 1.37. The van der Waals surface area contributed by atoms with Crippen LogP contribution in [0.25, 0.3) is 0 Å². The lowest BCUT2D eigenvalue weighted by atomic mass is 9.56. The number of nitrogens with zero attached hydrogens (tertiary/aromatic N) is 2. The minimum absolute atomic E-state index is 0.0738. The Morgan fingerprint density at radius 3 is 2.28 bits per heavy atom. The Balaban J connectivity index is 1.43. The van der Waals surface area contributed by atoms with Crippen molar-refractivity contribution in [3.05, 3.63) is 62.3 Å². The number of hydrogen-bond acceptors (Lipinski definition) is 6. The van der Waals surface area contributed by atoms with Gasteiger partial charge in [-0.25, -0.2) is 9.29 Å². The number of imide groups is 2. The van der Waals surface area contributed by atoms with Crippen molar-refractivity contribution in [2.75, 3.05) is 12.0 Å². The molecule has 7 rings (SSSR count). The Bertz CT molecular complexity index is 1730. The van der Waals surface area contributed by atoms with E-state index in [0.29, 0.717) is 15.6 Å². The Hall–Kier alpha value is -2.47. The summed E-state index contributed by atoms with van der Waals surface area (Å²) < 4.78 is 19.9. The molecule has 5 aliphatic rings. The maximum Gasteiger partial charge on any atom is 0.258 e. The van der Waals surface area contributed by atoms with Crippen molar-refractivity contribution in [3.63, 3.8) is 0 Å². The first kappa shape index (κ1) is 32.1. The molecule has 4 amide bonds. The van der Waals surface area contributed by atoms with E-state index in [2.05, 4.69) is 31.9 Å². The Labute approximate surface area is 291 Å². The lowest BCUT2D eigenvalue weighted by Gasteiger charge is -2.51. The second kappa shape index (κ2) is 11.3. The van der Waals surface area contributed by atoms with Crippen molar-refractivity contribution in [1.29, 1.82) is 0 Å². The summed E-state index contributed by atoms with van der Waals surface area (Å²) in [5, 5.41) is 10.8. The number of methoxy groups -OCH3 is 1. The fourth-order valence-electron chi connectivity index (χ4n) is 8.45. The van der Waals surface area contributed by atoms with E-state index < -0.39 is 51.1 Å². The molecule has 0 aromatic heterocycles. The van der Waals surface area contributed by atoms with Crippen molar-refractivity contribution in [3.8, 4) is 11.5 Å². The van der Waals surface area contributed by atoms with E-state index in [1.807, 2.05) is 6.08 Å². The Morgan fingerprint density at radius 1 is 0.957 bits per heavy atom. The zero-order chi connectivity index (χ0) is 32.9. The number of anilines is 1. The molecule has 3 aliphatic carbocycles. The van der Waals surface area contributed by atoms with Gasteiger partial charge >= 0.3 is 0 Å². The number of fused-ring (bicyclic) bond motifs is 4. The first-order valence-electron chi connectivity index (χ1n) is 15.2. The van der Waals surface area contributed by atoms with Crippen LogP contribution in [0.1, 0.15) is 56.4 Å². The number of amides is 4. The van der Waals surface area contributed by atoms with Gasteiger partial charge in [0, 0.05) is 16.4 Å². The molecule has 242 valence electrons. The highest BCUT2D eigenvalue weighted by molar-refractivity contribution is 9.13. The lowest BCUT2D eigenvalue weighted by molar-refractivity contribution is -0.143. The predicted molar refractivity (Wildman–Crippen MR) is 175 cm³/mol. The van der Waals surface area contributed by atoms with Crippen LogP contribution in [0.5, 0.6) is 11.5 Å². The molecule has 0 radical (unpaired) electrons. The van der Waals surface area contributed by atoms with Gasteiger partial charge in [-0.15, -0.1) is 23.2 Å². The standard InChI is InChI=1S/C33H29Br2Cl2FN2O6/c1-46-22-13-20(25(34)26(35)27(22)41)24-18-11-12-19-23(29(43)39(28(19)42)16-5-3-2-4-6-16)21(18)14-32(36)30(44)40(31(45)33(24,32)37)17-9-7-15(38)8-10-17/h7-11,13,16,19,21,23-24,41H,2-6,12,14H2,1H3. The van der Waals surface area contributed by atoms with Crippen molar-refractivity contribution in [2.45, 2.75) is 66.7 Å². The van der Waals surface area contributed by atoms with Gasteiger partial charge in [-0.05, 0) is 99.4 Å². The number of halogens is 5. The Kier molecular flexibility index (Phi) is 7.89. The monoisotopic (exact) mass is 796 g/mol. The van der Waals surface area contributed by atoms with Gasteiger partial charge in [0.1, 0.15) is 5.82 Å². The normalized spacial score (nSPS) is 32.8. The molecule has 2 aliphatic heterocycles. The largest absolute Gasteiger partial charge is 0.503 e. The van der Waals surface area contributed by atoms with Crippen molar-refractivity contribution < 1.29 is 33.4 Å². The van der Waals surface area contributed by atoms with Crippen LogP contribution in [0.15, 0.2) is 50.9 Å². The SMILES string of the molecule is COc1cc(C2C3=CCC4C(=O)N(C5CCCCC5)C(=O)C4C3CC3(Cl)C(=O)N(c4ccc(F)cc4)C(=O)C23Cl)c(Br)c(Br)c1O. The number of benzene rings is 2. The summed E-state index contributed by atoms with van der Waals surface area (Å²) in [4.78, 5) is 55.3. The molecule has 1 N–H and O–H groups in total. The summed E-state index contributed by atoms with van der Waals surface area (Å²) in [6.07, 6.45) is 6.38. The molecule has 0 bridgehead atoms. The number of rotatable bonds is 4. The highest BCUT2D eigenvalue weighted by atomic mass is 79.9. The van der Waals surface area contributed by atoms with Crippen LogP contribution in [-0.2, 0) is 19.2 Å². The van der Waals surface area contributed by atoms with Crippen molar-refractivity contribution in [1.82, 2.24) is 4.90 Å². The zero-order valence-corrected chi connectivity index (χ0v) is 29.3. The molecule has 2 heterocycles. The van der Waals surface area contributed by atoms with Gasteiger partial charge in [0.05, 0.1) is 29.1 Å². The molecule has 2 saturated heterocycles. The van der Waals surface area contributed by atoms with Crippen LogP contribution >= 0.6 is 55.1 Å². The number of allylic oxidation sites excluding steroid dienone is 2. The number of aromatic hydroxyl groups is 1. The first-order valence-corrected chi connectivity index (χ1v) is 17.5. The number of hydrogen-bond donors (Lipinski definition) is 1. The van der Waals surface area contributed by atoms with Crippen LogP contribution in [0, 0.1) is 23.6 Å². The van der Waals surface area contributed by atoms with Crippen molar-refractivity contribution >= 4 is 84.4 Å². The molecule has 6 unspecified atom stereocenters. The average molecular weight is 799 g/mol. The first-order chi connectivity index (χ1) is 21.9. The van der Waals surface area contributed by atoms with E-state index in [-0.39, 0.29) is 52.4 Å². The quantitative estimate of drug-likeness (QED) is 0.204. The molecule has 46 heavy (non-hydrogen) atoms. The maximum atomic E-state index is 14.6. The molecule has 2 saturated carbocycles. The molecule has 6 atom stereocenters. The van der Waals surface area contributed by atoms with Crippen LogP contribution in [0.3, 0.4) is 0 Å². The summed E-state index contributed by atoms with van der Waals surface area (Å²) in [5.41, 5.74) is 1.10. The van der Waals surface area contributed by atoms with E-state index in [1.165, 1.54) is 30.2 Å². The third kappa shape index (κ3) is 4.26. The van der Waals surface area contributed by atoms with E-state index in [1.54, 1.807) is 0 Å². The number of likely N-dealkylation sites (tertiary alicyclic amines) is 1. The number of phenols is 1. The van der Waals surface area contributed by atoms with Crippen molar-refractivity contribution in [2.24, 2.45) is 17.8 Å². The molecular formula is C33H29Br2Cl2FN2O6. The fraction of sp³-hybridized carbons (Fsp3) is 0.455.